The van der Waals surface area contributed by atoms with Gasteiger partial charge in [-0.3, -0.25) is 0 Å². The molecule has 0 aromatic heterocycles. The second kappa shape index (κ2) is 8.44. The van der Waals surface area contributed by atoms with Gasteiger partial charge in [0.25, 0.3) is 0 Å². The van der Waals surface area contributed by atoms with Gasteiger partial charge in [-0.15, -0.1) is 13.2 Å². The maximum absolute atomic E-state index is 14.1. The fourth-order valence-corrected chi connectivity index (χ4v) is 3.28. The number of nitrogens with one attached hydrogen (secondary N) is 1. The van der Waals surface area contributed by atoms with Crippen molar-refractivity contribution in [3.63, 3.8) is 0 Å². The van der Waals surface area contributed by atoms with Crippen LogP contribution in [-0.4, -0.2) is 58.9 Å². The molecule has 1 aromatic rings. The lowest BCUT2D eigenvalue weighted by Crippen LogP contribution is -2.51. The molecule has 30 heavy (non-hydrogen) atoms. The molecular formula is C18H20F5N4O3+. The molecule has 7 nitrogen and oxygen atoms in total. The van der Waals surface area contributed by atoms with Crippen LogP contribution in [-0.2, 0) is 6.54 Å². The Labute approximate surface area is 168 Å². The molecular weight excluding hydrogens is 415 g/mol. The smallest absolute Gasteiger partial charge is 0.406 e. The molecule has 1 saturated heterocycles. The van der Waals surface area contributed by atoms with E-state index >= 15 is 0 Å². The van der Waals surface area contributed by atoms with Gasteiger partial charge in [0.2, 0.25) is 0 Å². The summed E-state index contributed by atoms with van der Waals surface area (Å²) in [6, 6.07) is 1.01. The lowest BCUT2D eigenvalue weighted by molar-refractivity contribution is -0.447. The summed E-state index contributed by atoms with van der Waals surface area (Å²) in [7, 11) is 0. The van der Waals surface area contributed by atoms with Crippen LogP contribution in [0.25, 0.3) is 0 Å². The van der Waals surface area contributed by atoms with Crippen molar-refractivity contribution in [1.29, 1.82) is 0 Å². The number of hydrogen-bond donors (Lipinski definition) is 2. The normalized spacial score (nSPS) is 21.2. The minimum atomic E-state index is -4.95. The summed E-state index contributed by atoms with van der Waals surface area (Å²) in [6.45, 7) is -0.444. The maximum atomic E-state index is 14.1. The van der Waals surface area contributed by atoms with E-state index in [1.807, 2.05) is 0 Å². The van der Waals surface area contributed by atoms with E-state index < -0.39 is 36.2 Å². The van der Waals surface area contributed by atoms with Crippen molar-refractivity contribution in [1.82, 2.24) is 10.2 Å². The first-order chi connectivity index (χ1) is 14.0. The van der Waals surface area contributed by atoms with Gasteiger partial charge in [-0.2, -0.15) is 9.37 Å². The number of benzene rings is 1. The third kappa shape index (κ3) is 5.57. The third-order valence-corrected chi connectivity index (χ3v) is 4.72. The van der Waals surface area contributed by atoms with Crippen LogP contribution in [0, 0.1) is 5.82 Å². The molecule has 164 valence electrons. The van der Waals surface area contributed by atoms with E-state index in [4.69, 9.17) is 5.73 Å². The van der Waals surface area contributed by atoms with E-state index in [9.17, 15) is 31.5 Å². The van der Waals surface area contributed by atoms with Crippen molar-refractivity contribution in [3.8, 4) is 5.75 Å². The number of halogens is 5. The van der Waals surface area contributed by atoms with Crippen molar-refractivity contribution in [2.24, 2.45) is 5.73 Å². The molecule has 1 atom stereocenters. The highest BCUT2D eigenvalue weighted by molar-refractivity contribution is 5.90. The van der Waals surface area contributed by atoms with Crippen molar-refractivity contribution in [3.05, 3.63) is 29.6 Å². The Kier molecular flexibility index (Phi) is 6.13. The van der Waals surface area contributed by atoms with Gasteiger partial charge in [0.05, 0.1) is 13.1 Å². The fourth-order valence-electron chi connectivity index (χ4n) is 3.28. The number of ether oxygens (including phenoxy) is 1. The zero-order valence-corrected chi connectivity index (χ0v) is 15.7. The molecule has 2 fully saturated rings. The summed E-state index contributed by atoms with van der Waals surface area (Å²) in [5, 5.41) is 2.49. The summed E-state index contributed by atoms with van der Waals surface area (Å²) in [4.78, 5) is 25.2. The first kappa shape index (κ1) is 21.8. The number of alkyl halides is 4. The summed E-state index contributed by atoms with van der Waals surface area (Å²) < 4.78 is 69.7. The van der Waals surface area contributed by atoms with Crippen LogP contribution in [0.1, 0.15) is 24.8 Å². The second-order valence-corrected chi connectivity index (χ2v) is 7.15. The number of primary amides is 1. The highest BCUT2D eigenvalue weighted by Crippen LogP contribution is 2.27. The van der Waals surface area contributed by atoms with Gasteiger partial charge in [0.15, 0.2) is 0 Å². The quantitative estimate of drug-likeness (QED) is 0.563. The molecule has 4 amide bonds. The van der Waals surface area contributed by atoms with Gasteiger partial charge in [-0.05, 0) is 25.0 Å². The highest BCUT2D eigenvalue weighted by Gasteiger charge is 2.40. The fraction of sp³-hybridized carbons (Fsp3) is 0.500. The van der Waals surface area contributed by atoms with Crippen LogP contribution >= 0.6 is 0 Å². The molecule has 1 heterocycles. The molecule has 0 bridgehead atoms. The van der Waals surface area contributed by atoms with E-state index in [0.717, 1.165) is 17.0 Å². The summed E-state index contributed by atoms with van der Waals surface area (Å²) in [6.07, 6.45) is -4.96. The van der Waals surface area contributed by atoms with Gasteiger partial charge in [0.1, 0.15) is 36.0 Å². The minimum Gasteiger partial charge on any atom is -0.406 e. The standard InChI is InChI=1S/C18H19F5N4O3/c19-11-5-13(9-26(8-11)16(24)28)27(12-2-3-12)17(29)25-7-10-1-4-14(6-15(10)20)30-18(21,22)23/h1,4,6,11-12H,2-3,5,7-9H2,(H2-,24,25,28,29)/p+1/b27-13+/t11-/m0/s1. The van der Waals surface area contributed by atoms with E-state index in [1.165, 1.54) is 4.58 Å². The molecule has 1 saturated carbocycles. The minimum absolute atomic E-state index is 0.0114. The topological polar surface area (TPSA) is 87.7 Å². The molecule has 12 heteroatoms. The van der Waals surface area contributed by atoms with Crippen LogP contribution in [0.3, 0.4) is 0 Å². The molecule has 1 aliphatic heterocycles. The van der Waals surface area contributed by atoms with E-state index in [0.29, 0.717) is 24.6 Å². The van der Waals surface area contributed by atoms with Gasteiger partial charge in [-0.25, -0.2) is 18.9 Å². The van der Waals surface area contributed by atoms with Crippen LogP contribution < -0.4 is 15.8 Å². The Morgan fingerprint density at radius 3 is 2.57 bits per heavy atom. The van der Waals surface area contributed by atoms with E-state index in [1.54, 1.807) is 0 Å². The molecule has 0 unspecified atom stereocenters. The number of piperidine rings is 1. The van der Waals surface area contributed by atoms with Crippen LogP contribution in [0.15, 0.2) is 18.2 Å². The number of carbonyl (C=O) groups is 2. The Balaban J connectivity index is 1.71. The maximum Gasteiger partial charge on any atom is 0.573 e. The number of nitrogens with two attached hydrogens (primary N) is 1. The molecule has 3 N–H and O–H groups in total. The summed E-state index contributed by atoms with van der Waals surface area (Å²) >= 11 is 0. The van der Waals surface area contributed by atoms with E-state index in [2.05, 4.69) is 10.1 Å². The number of hydrogen-bond acceptors (Lipinski definition) is 3. The third-order valence-electron chi connectivity index (χ3n) is 4.72. The molecule has 3 rings (SSSR count). The van der Waals surface area contributed by atoms with E-state index in [-0.39, 0.29) is 37.7 Å². The number of nitrogens with zero attached hydrogens (tertiary/aromatic N) is 2. The summed E-state index contributed by atoms with van der Waals surface area (Å²) in [5.74, 6) is -1.70. The molecule has 2 aliphatic rings. The van der Waals surface area contributed by atoms with Crippen LogP contribution in [0.2, 0.25) is 0 Å². The van der Waals surface area contributed by atoms with Gasteiger partial charge in [-0.1, -0.05) is 0 Å². The number of likely N-dealkylation sites (tertiary alicyclic amines) is 1. The molecule has 1 aromatic carbocycles. The number of amides is 4. The van der Waals surface area contributed by atoms with Crippen molar-refractivity contribution < 1.29 is 40.9 Å². The SMILES string of the molecule is NC(=O)N1C/C(=[N+](/C(=O)NCc2ccc(OC(F)(F)F)cc2F)C2CC2)C[C@H](F)C1. The predicted molar refractivity (Wildman–Crippen MR) is 94.3 cm³/mol. The average Bonchev–Trinajstić information content (AvgIpc) is 3.44. The van der Waals surface area contributed by atoms with Crippen LogP contribution in [0.4, 0.5) is 31.5 Å². The first-order valence-corrected chi connectivity index (χ1v) is 9.18. The summed E-state index contributed by atoms with van der Waals surface area (Å²) in [5.41, 5.74) is 5.57. The Morgan fingerprint density at radius 1 is 1.30 bits per heavy atom. The Bertz CT molecular complexity index is 870. The predicted octanol–water partition coefficient (Wildman–Crippen LogP) is 2.67. The zero-order chi connectivity index (χ0) is 22.1. The van der Waals surface area contributed by atoms with Crippen LogP contribution in [0.5, 0.6) is 5.75 Å². The highest BCUT2D eigenvalue weighted by atomic mass is 19.4. The Hall–Kier alpha value is -2.92. The second-order valence-electron chi connectivity index (χ2n) is 7.15. The van der Waals surface area contributed by atoms with Crippen molar-refractivity contribution in [2.75, 3.05) is 13.1 Å². The largest absolute Gasteiger partial charge is 0.573 e. The number of carbonyl (C=O) groups excluding carboxylic acids is 2. The Morgan fingerprint density at radius 2 is 2.00 bits per heavy atom. The lowest BCUT2D eigenvalue weighted by Gasteiger charge is -2.29. The van der Waals surface area contributed by atoms with Gasteiger partial charge in [0, 0.05) is 18.1 Å². The number of rotatable bonds is 4. The van der Waals surface area contributed by atoms with Gasteiger partial charge >= 0.3 is 18.4 Å². The molecule has 0 radical (unpaired) electrons. The molecule has 0 spiro atoms. The van der Waals surface area contributed by atoms with Gasteiger partial charge < -0.3 is 15.4 Å². The van der Waals surface area contributed by atoms with Crippen molar-refractivity contribution in [2.45, 2.75) is 44.4 Å². The first-order valence-electron chi connectivity index (χ1n) is 9.18. The zero-order valence-electron chi connectivity index (χ0n) is 15.7. The monoisotopic (exact) mass is 435 g/mol. The molecule has 1 aliphatic carbocycles. The lowest BCUT2D eigenvalue weighted by atomic mass is 10.1. The average molecular weight is 435 g/mol. The number of urea groups is 2. The van der Waals surface area contributed by atoms with Crippen molar-refractivity contribution >= 4 is 17.8 Å².